The first-order chi connectivity index (χ1) is 12.2. The summed E-state index contributed by atoms with van der Waals surface area (Å²) >= 11 is 20.2. The van der Waals surface area contributed by atoms with Gasteiger partial charge < -0.3 is 42.6 Å². The van der Waals surface area contributed by atoms with E-state index in [4.69, 9.17) is 66.2 Å². The maximum absolute atomic E-state index is 5.33. The maximum Gasteiger partial charge on any atom is 2.00 e. The second-order valence-electron chi connectivity index (χ2n) is 5.64. The summed E-state index contributed by atoms with van der Waals surface area (Å²) < 4.78 is 21.3. The molecule has 0 saturated carbocycles. The molecule has 0 aliphatic heterocycles. The fourth-order valence-electron chi connectivity index (χ4n) is 1.36. The Balaban J connectivity index is -0.000000411. The van der Waals surface area contributed by atoms with Crippen LogP contribution in [0.2, 0.25) is 0 Å². The fraction of sp³-hybridized carbons (Fsp3) is 1.00. The number of hydrogen-bond acceptors (Lipinski definition) is 8. The minimum absolute atomic E-state index is 0. The zero-order valence-corrected chi connectivity index (χ0v) is 23.0. The van der Waals surface area contributed by atoms with Crippen LogP contribution < -0.4 is 0 Å². The van der Waals surface area contributed by atoms with Gasteiger partial charge in [-0.3, -0.25) is 0 Å². The predicted molar refractivity (Wildman–Crippen MR) is 127 cm³/mol. The van der Waals surface area contributed by atoms with E-state index >= 15 is 0 Å². The van der Waals surface area contributed by atoms with Crippen molar-refractivity contribution in [3.8, 4) is 0 Å². The van der Waals surface area contributed by atoms with Crippen molar-refractivity contribution in [3.05, 3.63) is 0 Å². The summed E-state index contributed by atoms with van der Waals surface area (Å²) in [5.41, 5.74) is -4.67. The van der Waals surface area contributed by atoms with Crippen LogP contribution in [0.15, 0.2) is 0 Å². The van der Waals surface area contributed by atoms with Gasteiger partial charge in [-0.05, 0) is 25.7 Å². The van der Waals surface area contributed by atoms with Crippen LogP contribution in [-0.4, -0.2) is 26.4 Å². The molecule has 0 amide bonds. The van der Waals surface area contributed by atoms with Crippen molar-refractivity contribution in [2.75, 3.05) is 26.4 Å². The van der Waals surface area contributed by atoms with Gasteiger partial charge in [-0.25, -0.2) is 0 Å². The molecule has 0 bridgehead atoms. The quantitative estimate of drug-likeness (QED) is 0.0917. The smallest absolute Gasteiger partial charge is 0.691 e. The average Bonchev–Trinajstić information content (AvgIpc) is 2.56. The molecule has 0 aliphatic rings. The Morgan fingerprint density at radius 1 is 0.556 bits per heavy atom. The van der Waals surface area contributed by atoms with Gasteiger partial charge in [0.1, 0.15) is 0 Å². The van der Waals surface area contributed by atoms with Gasteiger partial charge in [0.25, 0.3) is 0 Å². The summed E-state index contributed by atoms with van der Waals surface area (Å²) in [5.74, 6) is 0. The number of hydrogen-bond donors (Lipinski definition) is 0. The number of unbranched alkanes of at least 4 members (excludes halogenated alkanes) is 4. The SMILES string of the molecule is CCCCOP(=S)([S-])OCCCC.CCCCOP(=S)([S-])OCCCC.[Ni+2]. The van der Waals surface area contributed by atoms with Gasteiger partial charge in [0, 0.05) is 0 Å². The minimum atomic E-state index is -2.34. The molecular weight excluding hydrogens is 505 g/mol. The number of rotatable bonds is 16. The molecule has 0 saturated heterocycles. The van der Waals surface area contributed by atoms with Crippen molar-refractivity contribution >= 4 is 59.5 Å². The van der Waals surface area contributed by atoms with Crippen molar-refractivity contribution in [1.82, 2.24) is 0 Å². The summed E-state index contributed by atoms with van der Waals surface area (Å²) in [6, 6.07) is 0. The van der Waals surface area contributed by atoms with Gasteiger partial charge in [0.15, 0.2) is 0 Å². The molecule has 0 N–H and O–H groups in total. The first-order valence-corrected chi connectivity index (χ1v) is 16.7. The van der Waals surface area contributed by atoms with E-state index in [9.17, 15) is 0 Å². The van der Waals surface area contributed by atoms with E-state index in [1.807, 2.05) is 0 Å². The molecule has 0 aliphatic carbocycles. The maximum atomic E-state index is 5.33. The van der Waals surface area contributed by atoms with E-state index in [-0.39, 0.29) is 16.5 Å². The Kier molecular flexibility index (Phi) is 28.9. The van der Waals surface area contributed by atoms with Gasteiger partial charge in [-0.1, -0.05) is 77.0 Å². The third kappa shape index (κ3) is 28.3. The minimum Gasteiger partial charge on any atom is -0.691 e. The molecule has 168 valence electrons. The Morgan fingerprint density at radius 3 is 0.889 bits per heavy atom. The van der Waals surface area contributed by atoms with Gasteiger partial charge >= 0.3 is 16.5 Å². The van der Waals surface area contributed by atoms with Crippen LogP contribution in [-0.2, 0) is 82.7 Å². The van der Waals surface area contributed by atoms with Gasteiger partial charge in [-0.15, -0.1) is 0 Å². The van der Waals surface area contributed by atoms with Crippen molar-refractivity contribution < 1.29 is 34.6 Å². The summed E-state index contributed by atoms with van der Waals surface area (Å²) in [6.07, 6.45) is 8.41. The molecular formula is C16H36NiO4P2S4. The molecule has 0 rings (SSSR count). The first-order valence-electron chi connectivity index (χ1n) is 9.44. The monoisotopic (exact) mass is 540 g/mol. The molecule has 0 aromatic rings. The third-order valence-corrected chi connectivity index (χ3v) is 7.51. The molecule has 0 heterocycles. The Morgan fingerprint density at radius 2 is 0.741 bits per heavy atom. The van der Waals surface area contributed by atoms with E-state index in [0.29, 0.717) is 26.4 Å². The second kappa shape index (κ2) is 23.0. The normalized spacial score (nSPS) is 11.5. The first kappa shape index (κ1) is 34.0. The van der Waals surface area contributed by atoms with Gasteiger partial charge in [-0.2, -0.15) is 0 Å². The van der Waals surface area contributed by atoms with E-state index in [2.05, 4.69) is 27.7 Å². The zero-order chi connectivity index (χ0) is 20.3. The standard InChI is InChI=1S/2C8H19O2PS2.Ni/c2*1-3-5-7-9-11(12,13)10-8-6-4-2;/h2*3-8H2,1-2H3,(H,12,13);/q;;+2/p-2. The fourth-order valence-corrected chi connectivity index (χ4v) is 4.71. The predicted octanol–water partition coefficient (Wildman–Crippen LogP) is 6.78. The molecule has 0 unspecified atom stereocenters. The van der Waals surface area contributed by atoms with Crippen LogP contribution in [0.25, 0.3) is 0 Å². The molecule has 11 heteroatoms. The van der Waals surface area contributed by atoms with Crippen LogP contribution in [0.4, 0.5) is 0 Å². The molecule has 0 aromatic carbocycles. The van der Waals surface area contributed by atoms with E-state index in [0.717, 1.165) is 51.4 Å². The molecule has 0 fully saturated rings. The molecule has 0 radical (unpaired) electrons. The third-order valence-electron chi connectivity index (χ3n) is 2.99. The van der Waals surface area contributed by atoms with Crippen molar-refractivity contribution in [2.24, 2.45) is 0 Å². The largest absolute Gasteiger partial charge is 2.00 e. The van der Waals surface area contributed by atoms with Crippen molar-refractivity contribution in [2.45, 2.75) is 79.1 Å². The molecule has 0 atom stereocenters. The second-order valence-corrected chi connectivity index (χ2v) is 15.6. The Hall–Kier alpha value is 2.33. The summed E-state index contributed by atoms with van der Waals surface area (Å²) in [7, 11) is 0. The average molecular weight is 541 g/mol. The molecule has 0 aromatic heterocycles. The van der Waals surface area contributed by atoms with Crippen LogP contribution in [0, 0.1) is 0 Å². The van der Waals surface area contributed by atoms with E-state index in [1.54, 1.807) is 0 Å². The Bertz CT molecular complexity index is 343. The van der Waals surface area contributed by atoms with Crippen LogP contribution in [0.5, 0.6) is 0 Å². The van der Waals surface area contributed by atoms with E-state index in [1.165, 1.54) is 0 Å². The molecule has 27 heavy (non-hydrogen) atoms. The van der Waals surface area contributed by atoms with Crippen molar-refractivity contribution in [1.29, 1.82) is 0 Å². The van der Waals surface area contributed by atoms with Crippen LogP contribution >= 0.6 is 11.4 Å². The summed E-state index contributed by atoms with van der Waals surface area (Å²) in [5, 5.41) is 0. The van der Waals surface area contributed by atoms with Crippen LogP contribution in [0.3, 0.4) is 0 Å². The summed E-state index contributed by atoms with van der Waals surface area (Å²) in [4.78, 5) is 0. The van der Waals surface area contributed by atoms with E-state index < -0.39 is 11.4 Å². The summed E-state index contributed by atoms with van der Waals surface area (Å²) in [6.45, 7) is 11.0. The van der Waals surface area contributed by atoms with Gasteiger partial charge in [0.05, 0.1) is 37.8 Å². The van der Waals surface area contributed by atoms with Crippen molar-refractivity contribution in [3.63, 3.8) is 0 Å². The zero-order valence-electron chi connectivity index (χ0n) is 17.0. The topological polar surface area (TPSA) is 36.9 Å². The van der Waals surface area contributed by atoms with Gasteiger partial charge in [0.2, 0.25) is 0 Å². The van der Waals surface area contributed by atoms with Crippen LogP contribution in [0.1, 0.15) is 79.1 Å². The molecule has 0 spiro atoms. The molecule has 4 nitrogen and oxygen atoms in total. The Labute approximate surface area is 198 Å².